The van der Waals surface area contributed by atoms with E-state index < -0.39 is 0 Å². The van der Waals surface area contributed by atoms with Crippen molar-refractivity contribution in [2.75, 3.05) is 61.2 Å². The molecule has 3 N–H and O–H groups in total. The summed E-state index contributed by atoms with van der Waals surface area (Å²) in [7, 11) is 3.80. The van der Waals surface area contributed by atoms with Crippen LogP contribution in [0.15, 0.2) is 67.3 Å². The van der Waals surface area contributed by atoms with E-state index in [4.69, 9.17) is 16.3 Å². The molecule has 0 radical (unpaired) electrons. The predicted octanol–water partition coefficient (Wildman–Crippen LogP) is 5.11. The summed E-state index contributed by atoms with van der Waals surface area (Å²) in [5, 5.41) is 9.74. The Morgan fingerprint density at radius 3 is 2.57 bits per heavy atom. The zero-order valence-corrected chi connectivity index (χ0v) is 20.6. The smallest absolute Gasteiger partial charge is 0.247 e. The third-order valence-electron chi connectivity index (χ3n) is 5.74. The highest BCUT2D eigenvalue weighted by atomic mass is 35.5. The number of rotatable bonds is 8. The lowest BCUT2D eigenvalue weighted by molar-refractivity contribution is -0.111. The Hall–Kier alpha value is -3.75. The van der Waals surface area contributed by atoms with Crippen molar-refractivity contribution >= 4 is 51.9 Å². The van der Waals surface area contributed by atoms with Crippen LogP contribution in [0.2, 0.25) is 5.02 Å². The second kappa shape index (κ2) is 11.1. The quantitative estimate of drug-likeness (QED) is 0.377. The second-order valence-electron chi connectivity index (χ2n) is 8.23. The standard InChI is InChI=1S/C26H29ClN6O2/c1-4-25(34)28-18-6-5-7-19(16-18)29-26-21(27)9-11-24(31-26)30-22-10-8-20(17-23(22)35-3)33-14-12-32(2)13-15-33/h4-11,16-17H,1,12-15H2,2-3H3,(H,28,34)(H2,29,30,31). The number of benzene rings is 2. The number of carbonyl (C=O) groups is 1. The number of aromatic nitrogens is 1. The van der Waals surface area contributed by atoms with E-state index in [-0.39, 0.29) is 5.91 Å². The van der Waals surface area contributed by atoms with Crippen LogP contribution < -0.4 is 25.6 Å². The molecule has 182 valence electrons. The van der Waals surface area contributed by atoms with Crippen molar-refractivity contribution in [3.05, 3.63) is 72.3 Å². The molecule has 0 saturated carbocycles. The first-order chi connectivity index (χ1) is 16.9. The highest BCUT2D eigenvalue weighted by molar-refractivity contribution is 6.33. The van der Waals surface area contributed by atoms with Gasteiger partial charge in [0.15, 0.2) is 5.82 Å². The largest absolute Gasteiger partial charge is 0.494 e. The molecule has 4 rings (SSSR count). The van der Waals surface area contributed by atoms with Gasteiger partial charge >= 0.3 is 0 Å². The Labute approximate surface area is 210 Å². The fourth-order valence-corrected chi connectivity index (χ4v) is 3.94. The van der Waals surface area contributed by atoms with Crippen LogP contribution in [0.4, 0.5) is 34.4 Å². The maximum atomic E-state index is 11.6. The molecular weight excluding hydrogens is 464 g/mol. The maximum absolute atomic E-state index is 11.6. The van der Waals surface area contributed by atoms with Crippen molar-refractivity contribution in [2.24, 2.45) is 0 Å². The van der Waals surface area contributed by atoms with Crippen LogP contribution in [0, 0.1) is 0 Å². The molecule has 1 amide bonds. The number of anilines is 6. The number of halogens is 1. The number of nitrogens with zero attached hydrogens (tertiary/aromatic N) is 3. The SMILES string of the molecule is C=CC(=O)Nc1cccc(Nc2nc(Nc3ccc(N4CCN(C)CC4)cc3OC)ccc2Cl)c1. The molecule has 1 aromatic heterocycles. The molecule has 0 bridgehead atoms. The number of piperazine rings is 1. The van der Waals surface area contributed by atoms with Crippen LogP contribution in [0.5, 0.6) is 5.75 Å². The van der Waals surface area contributed by atoms with Gasteiger partial charge in [0.1, 0.15) is 11.6 Å². The minimum absolute atomic E-state index is 0.280. The molecule has 8 nitrogen and oxygen atoms in total. The van der Waals surface area contributed by atoms with E-state index >= 15 is 0 Å². The maximum Gasteiger partial charge on any atom is 0.247 e. The monoisotopic (exact) mass is 492 g/mol. The van der Waals surface area contributed by atoms with E-state index in [0.29, 0.717) is 22.3 Å². The highest BCUT2D eigenvalue weighted by Gasteiger charge is 2.16. The van der Waals surface area contributed by atoms with Gasteiger partial charge in [-0.3, -0.25) is 4.79 Å². The van der Waals surface area contributed by atoms with Gasteiger partial charge in [0, 0.05) is 49.3 Å². The zero-order valence-electron chi connectivity index (χ0n) is 19.8. The minimum atomic E-state index is -0.280. The zero-order chi connectivity index (χ0) is 24.8. The molecule has 1 saturated heterocycles. The lowest BCUT2D eigenvalue weighted by atomic mass is 10.2. The number of methoxy groups -OCH3 is 1. The Balaban J connectivity index is 1.50. The molecule has 3 aromatic rings. The molecule has 0 atom stereocenters. The summed E-state index contributed by atoms with van der Waals surface area (Å²) in [4.78, 5) is 20.9. The Morgan fingerprint density at radius 1 is 1.06 bits per heavy atom. The van der Waals surface area contributed by atoms with Gasteiger partial charge in [0.2, 0.25) is 5.91 Å². The van der Waals surface area contributed by atoms with Crippen molar-refractivity contribution in [1.82, 2.24) is 9.88 Å². The Morgan fingerprint density at radius 2 is 1.83 bits per heavy atom. The van der Waals surface area contributed by atoms with Crippen LogP contribution in [0.1, 0.15) is 0 Å². The summed E-state index contributed by atoms with van der Waals surface area (Å²) in [5.41, 5.74) is 3.30. The van der Waals surface area contributed by atoms with Crippen molar-refractivity contribution in [3.63, 3.8) is 0 Å². The average molecular weight is 493 g/mol. The number of hydrogen-bond donors (Lipinski definition) is 3. The highest BCUT2D eigenvalue weighted by Crippen LogP contribution is 2.33. The van der Waals surface area contributed by atoms with E-state index in [1.807, 2.05) is 30.3 Å². The summed E-state index contributed by atoms with van der Waals surface area (Å²) in [6, 6.07) is 17.0. The van der Waals surface area contributed by atoms with Crippen LogP contribution >= 0.6 is 11.6 Å². The van der Waals surface area contributed by atoms with Gasteiger partial charge in [-0.25, -0.2) is 4.98 Å². The first-order valence-corrected chi connectivity index (χ1v) is 11.7. The van der Waals surface area contributed by atoms with E-state index in [1.165, 1.54) is 6.08 Å². The van der Waals surface area contributed by atoms with Crippen molar-refractivity contribution < 1.29 is 9.53 Å². The molecule has 2 aromatic carbocycles. The third-order valence-corrected chi connectivity index (χ3v) is 6.05. The first kappa shape index (κ1) is 24.4. The van der Waals surface area contributed by atoms with Gasteiger partial charge in [-0.05, 0) is 55.6 Å². The van der Waals surface area contributed by atoms with Crippen molar-refractivity contribution in [3.8, 4) is 5.75 Å². The number of hydrogen-bond acceptors (Lipinski definition) is 7. The molecule has 1 aliphatic rings. The van der Waals surface area contributed by atoms with Crippen LogP contribution in [-0.2, 0) is 4.79 Å². The lowest BCUT2D eigenvalue weighted by Gasteiger charge is -2.34. The minimum Gasteiger partial charge on any atom is -0.494 e. The molecule has 9 heteroatoms. The van der Waals surface area contributed by atoms with Gasteiger partial charge in [-0.2, -0.15) is 0 Å². The molecule has 0 unspecified atom stereocenters. The van der Waals surface area contributed by atoms with E-state index in [1.54, 1.807) is 25.3 Å². The lowest BCUT2D eigenvalue weighted by Crippen LogP contribution is -2.44. The molecule has 0 aliphatic carbocycles. The Kier molecular flexibility index (Phi) is 7.74. The average Bonchev–Trinajstić information content (AvgIpc) is 2.87. The number of nitrogens with one attached hydrogen (secondary N) is 3. The number of amides is 1. The molecule has 35 heavy (non-hydrogen) atoms. The van der Waals surface area contributed by atoms with Crippen molar-refractivity contribution in [1.29, 1.82) is 0 Å². The van der Waals surface area contributed by atoms with Gasteiger partial charge in [0.25, 0.3) is 0 Å². The number of pyridine rings is 1. The van der Waals surface area contributed by atoms with Gasteiger partial charge in [-0.1, -0.05) is 24.2 Å². The molecule has 2 heterocycles. The van der Waals surface area contributed by atoms with E-state index in [0.717, 1.165) is 49.0 Å². The Bertz CT molecular complexity index is 1210. The summed E-state index contributed by atoms with van der Waals surface area (Å²) in [6.07, 6.45) is 1.22. The molecular formula is C26H29ClN6O2. The third kappa shape index (κ3) is 6.23. The fraction of sp³-hybridized carbons (Fsp3) is 0.231. The molecule has 1 fully saturated rings. The number of ether oxygens (including phenoxy) is 1. The summed E-state index contributed by atoms with van der Waals surface area (Å²) >= 11 is 6.40. The van der Waals surface area contributed by atoms with Crippen LogP contribution in [0.3, 0.4) is 0 Å². The number of carbonyl (C=O) groups excluding carboxylic acids is 1. The summed E-state index contributed by atoms with van der Waals surface area (Å²) < 4.78 is 5.66. The molecule has 0 spiro atoms. The number of likely N-dealkylation sites (N-methyl/N-ethyl adjacent to an activating group) is 1. The van der Waals surface area contributed by atoms with E-state index in [9.17, 15) is 4.79 Å². The topological polar surface area (TPSA) is 81.8 Å². The van der Waals surface area contributed by atoms with Gasteiger partial charge in [-0.15, -0.1) is 0 Å². The van der Waals surface area contributed by atoms with Crippen LogP contribution in [-0.4, -0.2) is 56.1 Å². The van der Waals surface area contributed by atoms with Gasteiger partial charge < -0.3 is 30.5 Å². The van der Waals surface area contributed by atoms with Crippen molar-refractivity contribution in [2.45, 2.75) is 0 Å². The first-order valence-electron chi connectivity index (χ1n) is 11.3. The van der Waals surface area contributed by atoms with Crippen LogP contribution in [0.25, 0.3) is 0 Å². The predicted molar refractivity (Wildman–Crippen MR) is 144 cm³/mol. The van der Waals surface area contributed by atoms with E-state index in [2.05, 4.69) is 50.4 Å². The fourth-order valence-electron chi connectivity index (χ4n) is 3.79. The summed E-state index contributed by atoms with van der Waals surface area (Å²) in [6.45, 7) is 7.52. The second-order valence-corrected chi connectivity index (χ2v) is 8.63. The summed E-state index contributed by atoms with van der Waals surface area (Å²) in [5.74, 6) is 1.55. The van der Waals surface area contributed by atoms with Gasteiger partial charge in [0.05, 0.1) is 17.8 Å². The molecule has 1 aliphatic heterocycles. The normalized spacial score (nSPS) is 13.7.